The number of hydrogen-bond donors (Lipinski definition) is 2. The zero-order valence-corrected chi connectivity index (χ0v) is 19.8. The molecule has 3 rings (SSSR count). The number of anilines is 1. The van der Waals surface area contributed by atoms with Gasteiger partial charge in [0.2, 0.25) is 0 Å². The lowest BCUT2D eigenvalue weighted by Crippen LogP contribution is -2.49. The van der Waals surface area contributed by atoms with E-state index < -0.39 is 14.0 Å². The number of hydrogen-bond acceptors (Lipinski definition) is 4. The fraction of sp³-hybridized carbons (Fsp3) is 0.458. The topological polar surface area (TPSA) is 74.0 Å². The van der Waals surface area contributed by atoms with Gasteiger partial charge in [-0.3, -0.25) is 9.79 Å². The van der Waals surface area contributed by atoms with Gasteiger partial charge in [-0.05, 0) is 79.4 Å². The highest BCUT2D eigenvalue weighted by Gasteiger charge is 2.38. The average molecular weight is 424 g/mol. The molecule has 2 N–H and O–H groups in total. The fourth-order valence-corrected chi connectivity index (χ4v) is 7.00. The molecule has 6 heteroatoms. The van der Waals surface area contributed by atoms with Crippen LogP contribution in [-0.4, -0.2) is 43.7 Å². The largest absolute Gasteiger partial charge is 0.481 e. The number of rotatable bonds is 8. The summed E-state index contributed by atoms with van der Waals surface area (Å²) in [6.45, 7) is 12.8. The van der Waals surface area contributed by atoms with Gasteiger partial charge in [0.05, 0.1) is 17.1 Å². The molecule has 1 heterocycles. The fourth-order valence-electron chi connectivity index (χ4n) is 4.17. The SMILES string of the molecule is CC/N=C1/C=C2C(=Nc3cc(C)c(NCCCCCC(=O)O)cc3[Si]2(C)C)C=C1C. The van der Waals surface area contributed by atoms with Crippen LogP contribution >= 0.6 is 0 Å². The third-order valence-electron chi connectivity index (χ3n) is 5.96. The smallest absolute Gasteiger partial charge is 0.303 e. The second kappa shape index (κ2) is 9.12. The maximum Gasteiger partial charge on any atom is 0.303 e. The van der Waals surface area contributed by atoms with Crippen LogP contribution in [0.3, 0.4) is 0 Å². The van der Waals surface area contributed by atoms with Crippen LogP contribution in [0.4, 0.5) is 11.4 Å². The molecule has 1 aromatic rings. The second-order valence-corrected chi connectivity index (χ2v) is 13.0. The van der Waals surface area contributed by atoms with Crippen molar-refractivity contribution < 1.29 is 9.90 Å². The van der Waals surface area contributed by atoms with E-state index in [1.807, 2.05) is 0 Å². The lowest BCUT2D eigenvalue weighted by atomic mass is 10.0. The predicted molar refractivity (Wildman–Crippen MR) is 130 cm³/mol. The van der Waals surface area contributed by atoms with E-state index in [0.29, 0.717) is 0 Å². The number of carboxylic acids is 1. The summed E-state index contributed by atoms with van der Waals surface area (Å²) in [7, 11) is -1.90. The van der Waals surface area contributed by atoms with Crippen molar-refractivity contribution in [2.24, 2.45) is 9.98 Å². The molecule has 0 spiro atoms. The Morgan fingerprint density at radius 3 is 2.63 bits per heavy atom. The van der Waals surface area contributed by atoms with E-state index in [0.717, 1.165) is 55.2 Å². The van der Waals surface area contributed by atoms with E-state index in [-0.39, 0.29) is 6.42 Å². The molecule has 0 fully saturated rings. The maximum atomic E-state index is 10.6. The molecule has 0 radical (unpaired) electrons. The number of nitrogens with one attached hydrogen (secondary N) is 1. The van der Waals surface area contributed by atoms with E-state index in [1.54, 1.807) is 0 Å². The summed E-state index contributed by atoms with van der Waals surface area (Å²) < 4.78 is 0. The summed E-state index contributed by atoms with van der Waals surface area (Å²) in [4.78, 5) is 20.3. The van der Waals surface area contributed by atoms with Crippen LogP contribution in [0.2, 0.25) is 13.1 Å². The molecular weight excluding hydrogens is 390 g/mol. The van der Waals surface area contributed by atoms with E-state index in [4.69, 9.17) is 10.1 Å². The van der Waals surface area contributed by atoms with Crippen molar-refractivity contribution >= 4 is 42.0 Å². The number of nitrogens with zero attached hydrogens (tertiary/aromatic N) is 2. The zero-order chi connectivity index (χ0) is 21.9. The third kappa shape index (κ3) is 4.64. The normalized spacial score (nSPS) is 18.2. The van der Waals surface area contributed by atoms with Gasteiger partial charge < -0.3 is 10.4 Å². The molecule has 0 saturated carbocycles. The van der Waals surface area contributed by atoms with E-state index >= 15 is 0 Å². The Balaban J connectivity index is 1.84. The maximum absolute atomic E-state index is 10.6. The molecule has 30 heavy (non-hydrogen) atoms. The first-order chi connectivity index (χ1) is 14.2. The summed E-state index contributed by atoms with van der Waals surface area (Å²) in [6.07, 6.45) is 7.35. The lowest BCUT2D eigenvalue weighted by Gasteiger charge is -2.35. The molecule has 1 aliphatic heterocycles. The van der Waals surface area contributed by atoms with Gasteiger partial charge in [0.1, 0.15) is 8.07 Å². The molecule has 0 unspecified atom stereocenters. The number of allylic oxidation sites excluding steroid dienone is 4. The van der Waals surface area contributed by atoms with E-state index in [9.17, 15) is 4.79 Å². The lowest BCUT2D eigenvalue weighted by molar-refractivity contribution is -0.137. The molecule has 5 nitrogen and oxygen atoms in total. The minimum absolute atomic E-state index is 0.254. The van der Waals surface area contributed by atoms with Gasteiger partial charge in [0.15, 0.2) is 0 Å². The van der Waals surface area contributed by atoms with Crippen molar-refractivity contribution in [2.75, 3.05) is 18.4 Å². The Morgan fingerprint density at radius 1 is 1.17 bits per heavy atom. The van der Waals surface area contributed by atoms with Crippen molar-refractivity contribution in [3.63, 3.8) is 0 Å². The zero-order valence-electron chi connectivity index (χ0n) is 18.8. The standard InChI is InChI=1S/C24H33N3O2Si/c1-6-25-18-14-22-20(12-16(18)2)27-21-13-17(3)19(15-23(21)30(22,4)5)26-11-9-7-8-10-24(28)29/h12-15,26H,6-11H2,1-5H3,(H,28,29)/b25-18-. The summed E-state index contributed by atoms with van der Waals surface area (Å²) in [6, 6.07) is 4.51. The predicted octanol–water partition coefficient (Wildman–Crippen LogP) is 4.94. The molecule has 0 bridgehead atoms. The van der Waals surface area contributed by atoms with Gasteiger partial charge >= 0.3 is 5.97 Å². The molecule has 160 valence electrons. The number of carboxylic acid groups (broad SMARTS) is 1. The highest BCUT2D eigenvalue weighted by Crippen LogP contribution is 2.34. The van der Waals surface area contributed by atoms with Crippen LogP contribution < -0.4 is 10.5 Å². The van der Waals surface area contributed by atoms with Crippen LogP contribution in [0, 0.1) is 6.92 Å². The highest BCUT2D eigenvalue weighted by atomic mass is 28.3. The third-order valence-corrected chi connectivity index (χ3v) is 9.45. The van der Waals surface area contributed by atoms with E-state index in [2.05, 4.69) is 68.5 Å². The molecule has 1 aliphatic carbocycles. The van der Waals surface area contributed by atoms with Gasteiger partial charge in [-0.15, -0.1) is 0 Å². The Labute approximate surface area is 180 Å². The van der Waals surface area contributed by atoms with Crippen LogP contribution in [-0.2, 0) is 4.79 Å². The molecule has 0 aromatic heterocycles. The molecule has 1 aromatic carbocycles. The van der Waals surface area contributed by atoms with Gasteiger partial charge in [-0.1, -0.05) is 19.5 Å². The van der Waals surface area contributed by atoms with E-state index in [1.165, 1.54) is 21.5 Å². The van der Waals surface area contributed by atoms with Gasteiger partial charge in [0.25, 0.3) is 0 Å². The van der Waals surface area contributed by atoms with Gasteiger partial charge in [-0.25, -0.2) is 4.99 Å². The molecular formula is C24H33N3O2Si. The first-order valence-electron chi connectivity index (χ1n) is 10.9. The minimum Gasteiger partial charge on any atom is -0.481 e. The van der Waals surface area contributed by atoms with Crippen molar-refractivity contribution in [3.8, 4) is 0 Å². The number of fused-ring (bicyclic) bond motifs is 2. The summed E-state index contributed by atoms with van der Waals surface area (Å²) in [5.41, 5.74) is 6.84. The van der Waals surface area contributed by atoms with Crippen molar-refractivity contribution in [1.29, 1.82) is 0 Å². The molecule has 2 aliphatic rings. The summed E-state index contributed by atoms with van der Waals surface area (Å²) in [5, 5.41) is 15.0. The first-order valence-corrected chi connectivity index (χ1v) is 13.9. The van der Waals surface area contributed by atoms with Crippen LogP contribution in [0.5, 0.6) is 0 Å². The van der Waals surface area contributed by atoms with Gasteiger partial charge in [0, 0.05) is 25.2 Å². The number of aryl methyl sites for hydroxylation is 1. The first kappa shape index (κ1) is 22.2. The van der Waals surface area contributed by atoms with Crippen LogP contribution in [0.15, 0.2) is 45.0 Å². The highest BCUT2D eigenvalue weighted by molar-refractivity contribution is 7.01. The van der Waals surface area contributed by atoms with Crippen LogP contribution in [0.1, 0.15) is 45.1 Å². The number of carbonyl (C=O) groups is 1. The van der Waals surface area contributed by atoms with Gasteiger partial charge in [-0.2, -0.15) is 0 Å². The van der Waals surface area contributed by atoms with Crippen molar-refractivity contribution in [2.45, 2.75) is 59.5 Å². The molecule has 0 amide bonds. The summed E-state index contributed by atoms with van der Waals surface area (Å²) in [5.74, 6) is -0.713. The Bertz CT molecular complexity index is 971. The quantitative estimate of drug-likeness (QED) is 0.353. The number of aliphatic imine (C=N–C) groups is 2. The molecule has 0 saturated heterocycles. The minimum atomic E-state index is -1.90. The number of unbranched alkanes of at least 4 members (excludes halogenated alkanes) is 2. The molecule has 0 atom stereocenters. The summed E-state index contributed by atoms with van der Waals surface area (Å²) >= 11 is 0. The Kier molecular flexibility index (Phi) is 6.76. The monoisotopic (exact) mass is 423 g/mol. The number of aliphatic carboxylic acids is 1. The Hall–Kier alpha value is -2.47. The average Bonchev–Trinajstić information content (AvgIpc) is 2.66. The van der Waals surface area contributed by atoms with Crippen LogP contribution in [0.25, 0.3) is 0 Å². The number of benzene rings is 1. The van der Waals surface area contributed by atoms with Crippen molar-refractivity contribution in [1.82, 2.24) is 0 Å². The van der Waals surface area contributed by atoms with Crippen molar-refractivity contribution in [3.05, 3.63) is 40.6 Å². The Morgan fingerprint density at radius 2 is 1.93 bits per heavy atom. The second-order valence-electron chi connectivity index (χ2n) is 8.68.